The maximum Gasteiger partial charge on any atom is 0.270 e. The highest BCUT2D eigenvalue weighted by Crippen LogP contribution is 2.24. The Labute approximate surface area is 149 Å². The van der Waals surface area contributed by atoms with Crippen molar-refractivity contribution in [3.63, 3.8) is 0 Å². The summed E-state index contributed by atoms with van der Waals surface area (Å²) in [4.78, 5) is 30.7. The van der Waals surface area contributed by atoms with Crippen molar-refractivity contribution in [2.24, 2.45) is 0 Å². The molecule has 0 fully saturated rings. The van der Waals surface area contributed by atoms with E-state index in [0.29, 0.717) is 17.8 Å². The Morgan fingerprint density at radius 1 is 1.39 bits per heavy atom. The molecule has 2 aromatic rings. The molecule has 1 amide bonds. The van der Waals surface area contributed by atoms with Gasteiger partial charge in [0.25, 0.3) is 5.91 Å². The van der Waals surface area contributed by atoms with Crippen molar-refractivity contribution in [2.75, 3.05) is 7.05 Å². The van der Waals surface area contributed by atoms with Gasteiger partial charge in [0.2, 0.25) is 0 Å². The third kappa shape index (κ3) is 3.93. The topological polar surface area (TPSA) is 53.2 Å². The number of halogens is 1. The predicted octanol–water partition coefficient (Wildman–Crippen LogP) is 4.57. The number of nitrogens with one attached hydrogen (secondary N) is 1. The van der Waals surface area contributed by atoms with Gasteiger partial charge in [-0.25, -0.2) is 0 Å². The van der Waals surface area contributed by atoms with Crippen LogP contribution in [-0.2, 0) is 13.0 Å². The summed E-state index contributed by atoms with van der Waals surface area (Å²) >= 11 is 5.04. The molecule has 0 aliphatic rings. The number of nitrogens with zero attached hydrogens (tertiary/aromatic N) is 1. The zero-order valence-corrected chi connectivity index (χ0v) is 16.2. The molecule has 0 bridgehead atoms. The Hall–Kier alpha value is -1.40. The average Bonchev–Trinajstić information content (AvgIpc) is 3.02. The zero-order chi connectivity index (χ0) is 17.1. The number of rotatable bonds is 6. The first kappa shape index (κ1) is 17.9. The molecule has 2 rings (SSSR count). The number of aromatic amines is 1. The Morgan fingerprint density at radius 3 is 2.61 bits per heavy atom. The predicted molar refractivity (Wildman–Crippen MR) is 97.3 cm³/mol. The number of ketones is 1. The summed E-state index contributed by atoms with van der Waals surface area (Å²) in [5.41, 5.74) is 2.84. The lowest BCUT2D eigenvalue weighted by molar-refractivity contribution is 0.0780. The fourth-order valence-corrected chi connectivity index (χ4v) is 4.27. The van der Waals surface area contributed by atoms with Gasteiger partial charge >= 0.3 is 0 Å². The van der Waals surface area contributed by atoms with E-state index in [0.717, 1.165) is 33.4 Å². The highest BCUT2D eigenvalue weighted by molar-refractivity contribution is 9.10. The van der Waals surface area contributed by atoms with Crippen molar-refractivity contribution in [1.82, 2.24) is 9.88 Å². The number of aromatic nitrogens is 1. The zero-order valence-electron chi connectivity index (χ0n) is 13.8. The molecule has 1 N–H and O–H groups in total. The molecule has 0 unspecified atom stereocenters. The summed E-state index contributed by atoms with van der Waals surface area (Å²) in [5.74, 6) is -0.0698. The van der Waals surface area contributed by atoms with Crippen LogP contribution in [0.25, 0.3) is 0 Å². The molecule has 0 spiro atoms. The van der Waals surface area contributed by atoms with Gasteiger partial charge in [0.15, 0.2) is 5.78 Å². The minimum Gasteiger partial charge on any atom is -0.354 e. The van der Waals surface area contributed by atoms with E-state index in [1.807, 2.05) is 25.3 Å². The van der Waals surface area contributed by atoms with Crippen molar-refractivity contribution in [3.8, 4) is 0 Å². The van der Waals surface area contributed by atoms with Gasteiger partial charge < -0.3 is 9.88 Å². The average molecular weight is 397 g/mol. The van der Waals surface area contributed by atoms with Crippen LogP contribution in [0, 0.1) is 6.92 Å². The molecule has 0 saturated heterocycles. The molecule has 0 aromatic carbocycles. The Morgan fingerprint density at radius 2 is 2.09 bits per heavy atom. The Balaban J connectivity index is 2.30. The van der Waals surface area contributed by atoms with E-state index in [1.54, 1.807) is 30.2 Å². The van der Waals surface area contributed by atoms with Gasteiger partial charge in [0.05, 0.1) is 6.54 Å². The molecule has 2 heterocycles. The molecule has 4 nitrogen and oxygen atoms in total. The van der Waals surface area contributed by atoms with Crippen LogP contribution in [0.4, 0.5) is 0 Å². The third-order valence-corrected chi connectivity index (χ3v) is 5.40. The van der Waals surface area contributed by atoms with Gasteiger partial charge in [-0.15, -0.1) is 11.3 Å². The fourth-order valence-electron chi connectivity index (χ4n) is 2.77. The number of H-pyrrole nitrogens is 1. The van der Waals surface area contributed by atoms with Crippen LogP contribution < -0.4 is 0 Å². The SMILES string of the molecule is CCCc1c(C(=O)N(C)Cc2cc(Br)cs2)[nH]c(C)c1C(C)=O. The minimum atomic E-state index is -0.0754. The molecule has 6 heteroatoms. The van der Waals surface area contributed by atoms with E-state index in [1.165, 1.54) is 0 Å². The minimum absolute atomic E-state index is 0.00564. The van der Waals surface area contributed by atoms with Crippen LogP contribution in [0.15, 0.2) is 15.9 Å². The highest BCUT2D eigenvalue weighted by atomic mass is 79.9. The summed E-state index contributed by atoms with van der Waals surface area (Å²) in [5, 5.41) is 2.00. The number of carbonyl (C=O) groups is 2. The van der Waals surface area contributed by atoms with E-state index >= 15 is 0 Å². The molecular formula is C17H21BrN2O2S. The number of Topliss-reactive ketones (excluding diaryl/α,β-unsaturated/α-hetero) is 1. The lowest BCUT2D eigenvalue weighted by Gasteiger charge is -2.16. The van der Waals surface area contributed by atoms with Crippen molar-refractivity contribution in [3.05, 3.63) is 43.3 Å². The number of aryl methyl sites for hydroxylation is 1. The first-order valence-electron chi connectivity index (χ1n) is 7.55. The van der Waals surface area contributed by atoms with Crippen molar-refractivity contribution in [2.45, 2.75) is 40.2 Å². The van der Waals surface area contributed by atoms with Gasteiger partial charge in [-0.1, -0.05) is 13.3 Å². The molecule has 0 radical (unpaired) electrons. The first-order valence-corrected chi connectivity index (χ1v) is 9.23. The second-order valence-electron chi connectivity index (χ2n) is 5.68. The molecule has 0 aliphatic heterocycles. The second kappa shape index (κ2) is 7.45. The number of thiophene rings is 1. The number of amides is 1. The van der Waals surface area contributed by atoms with Crippen LogP contribution in [0.1, 0.15) is 57.2 Å². The number of hydrogen-bond acceptors (Lipinski definition) is 3. The van der Waals surface area contributed by atoms with Gasteiger partial charge in [-0.3, -0.25) is 9.59 Å². The molecule has 124 valence electrons. The van der Waals surface area contributed by atoms with Crippen LogP contribution in [-0.4, -0.2) is 28.6 Å². The van der Waals surface area contributed by atoms with Gasteiger partial charge in [-0.2, -0.15) is 0 Å². The smallest absolute Gasteiger partial charge is 0.270 e. The van der Waals surface area contributed by atoms with Crippen molar-refractivity contribution >= 4 is 39.0 Å². The van der Waals surface area contributed by atoms with Crippen LogP contribution in [0.5, 0.6) is 0 Å². The van der Waals surface area contributed by atoms with E-state index < -0.39 is 0 Å². The fraction of sp³-hybridized carbons (Fsp3) is 0.412. The third-order valence-electron chi connectivity index (χ3n) is 3.72. The maximum absolute atomic E-state index is 12.8. The largest absolute Gasteiger partial charge is 0.354 e. The summed E-state index contributed by atoms with van der Waals surface area (Å²) < 4.78 is 1.03. The van der Waals surface area contributed by atoms with Gasteiger partial charge in [-0.05, 0) is 47.8 Å². The number of hydrogen-bond donors (Lipinski definition) is 1. The van der Waals surface area contributed by atoms with Gasteiger partial charge in [0.1, 0.15) is 5.69 Å². The second-order valence-corrected chi connectivity index (χ2v) is 7.59. The van der Waals surface area contributed by atoms with Crippen molar-refractivity contribution < 1.29 is 9.59 Å². The molecule has 0 atom stereocenters. The number of carbonyl (C=O) groups excluding carboxylic acids is 2. The van der Waals surface area contributed by atoms with E-state index in [-0.39, 0.29) is 11.7 Å². The summed E-state index contributed by atoms with van der Waals surface area (Å²) in [6, 6.07) is 2.02. The first-order chi connectivity index (χ1) is 10.8. The molecular weight excluding hydrogens is 376 g/mol. The Bertz CT molecular complexity index is 733. The van der Waals surface area contributed by atoms with Crippen LogP contribution >= 0.6 is 27.3 Å². The van der Waals surface area contributed by atoms with Crippen LogP contribution in [0.2, 0.25) is 0 Å². The molecule has 0 aliphatic carbocycles. The summed E-state index contributed by atoms with van der Waals surface area (Å²) in [7, 11) is 1.79. The normalized spacial score (nSPS) is 10.8. The lowest BCUT2D eigenvalue weighted by Crippen LogP contribution is -2.27. The summed E-state index contributed by atoms with van der Waals surface area (Å²) in [6.07, 6.45) is 1.61. The quantitative estimate of drug-likeness (QED) is 0.726. The van der Waals surface area contributed by atoms with Crippen molar-refractivity contribution in [1.29, 1.82) is 0 Å². The Kier molecular flexibility index (Phi) is 5.81. The van der Waals surface area contributed by atoms with Gasteiger partial charge in [0, 0.05) is 33.0 Å². The molecule has 0 saturated carbocycles. The monoisotopic (exact) mass is 396 g/mol. The van der Waals surface area contributed by atoms with E-state index in [4.69, 9.17) is 0 Å². The molecule has 2 aromatic heterocycles. The molecule has 23 heavy (non-hydrogen) atoms. The maximum atomic E-state index is 12.8. The van der Waals surface area contributed by atoms with E-state index in [2.05, 4.69) is 20.9 Å². The lowest BCUT2D eigenvalue weighted by atomic mass is 10.0. The standard InChI is InChI=1S/C17H21BrN2O2S/c1-5-6-14-15(11(3)21)10(2)19-16(14)17(22)20(4)8-13-7-12(18)9-23-13/h7,9,19H,5-6,8H2,1-4H3. The van der Waals surface area contributed by atoms with E-state index in [9.17, 15) is 9.59 Å². The highest BCUT2D eigenvalue weighted by Gasteiger charge is 2.24. The summed E-state index contributed by atoms with van der Waals surface area (Å²) in [6.45, 7) is 6.00. The van der Waals surface area contributed by atoms with Crippen LogP contribution in [0.3, 0.4) is 0 Å².